The van der Waals surface area contributed by atoms with Gasteiger partial charge in [0.25, 0.3) is 0 Å². The molecule has 2 atom stereocenters. The van der Waals surface area contributed by atoms with Gasteiger partial charge in [-0.15, -0.1) is 0 Å². The lowest BCUT2D eigenvalue weighted by Crippen LogP contribution is -2.64. The summed E-state index contributed by atoms with van der Waals surface area (Å²) < 4.78 is 11.4. The number of hydrogen-bond acceptors (Lipinski definition) is 4. The first-order valence-corrected chi connectivity index (χ1v) is 10.4. The van der Waals surface area contributed by atoms with Crippen LogP contribution in [0.25, 0.3) is 0 Å². The van der Waals surface area contributed by atoms with Crippen LogP contribution in [0.2, 0.25) is 5.02 Å². The minimum absolute atomic E-state index is 0.0790. The molecular formula is C21H30ClNO3. The summed E-state index contributed by atoms with van der Waals surface area (Å²) >= 11 is 6.45. The number of benzene rings is 1. The van der Waals surface area contributed by atoms with E-state index in [1.165, 1.54) is 19.3 Å². The van der Waals surface area contributed by atoms with Crippen LogP contribution in [0.15, 0.2) is 12.1 Å². The van der Waals surface area contributed by atoms with Gasteiger partial charge in [-0.05, 0) is 81.9 Å². The lowest BCUT2D eigenvalue weighted by Gasteiger charge is -2.60. The van der Waals surface area contributed by atoms with Gasteiger partial charge in [0.2, 0.25) is 0 Å². The molecule has 4 bridgehead atoms. The van der Waals surface area contributed by atoms with Gasteiger partial charge in [0.15, 0.2) is 11.5 Å². The molecule has 5 rings (SSSR count). The molecule has 26 heavy (non-hydrogen) atoms. The monoisotopic (exact) mass is 379 g/mol. The first kappa shape index (κ1) is 18.4. The Morgan fingerprint density at radius 3 is 2.42 bits per heavy atom. The zero-order valence-corrected chi connectivity index (χ0v) is 16.6. The van der Waals surface area contributed by atoms with Gasteiger partial charge in [-0.25, -0.2) is 0 Å². The van der Waals surface area contributed by atoms with Crippen LogP contribution in [0, 0.1) is 11.8 Å². The summed E-state index contributed by atoms with van der Waals surface area (Å²) in [5.41, 5.74) is 0.740. The minimum atomic E-state index is -0.440. The maximum absolute atomic E-state index is 10.9. The fourth-order valence-electron chi connectivity index (χ4n) is 5.98. The number of rotatable bonds is 7. The van der Waals surface area contributed by atoms with Gasteiger partial charge in [0.05, 0.1) is 23.8 Å². The van der Waals surface area contributed by atoms with Crippen molar-refractivity contribution in [1.29, 1.82) is 0 Å². The molecule has 4 aliphatic carbocycles. The van der Waals surface area contributed by atoms with Crippen molar-refractivity contribution in [2.24, 2.45) is 11.8 Å². The number of halogens is 1. The van der Waals surface area contributed by atoms with Gasteiger partial charge >= 0.3 is 0 Å². The second kappa shape index (κ2) is 6.88. The average molecular weight is 380 g/mol. The third kappa shape index (κ3) is 3.44. The van der Waals surface area contributed by atoms with Crippen molar-refractivity contribution < 1.29 is 14.6 Å². The van der Waals surface area contributed by atoms with E-state index in [9.17, 15) is 5.11 Å². The summed E-state index contributed by atoms with van der Waals surface area (Å²) in [6, 6.07) is 4.00. The van der Waals surface area contributed by atoms with Gasteiger partial charge in [0.1, 0.15) is 0 Å². The number of nitrogens with one attached hydrogen (secondary N) is 1. The van der Waals surface area contributed by atoms with Crippen LogP contribution in [0.5, 0.6) is 11.5 Å². The molecule has 4 aliphatic rings. The largest absolute Gasteiger partial charge is 0.490 e. The Morgan fingerprint density at radius 2 is 1.81 bits per heavy atom. The molecule has 2 unspecified atom stereocenters. The van der Waals surface area contributed by atoms with Crippen molar-refractivity contribution >= 4 is 11.6 Å². The Labute approximate surface area is 161 Å². The van der Waals surface area contributed by atoms with Crippen molar-refractivity contribution in [3.63, 3.8) is 0 Å². The standard InChI is InChI=1S/C21H30ClNO3/c1-3-25-18-7-14(6-17(22)19(18)26-4-2)12-23-20-8-15-5-16(9-20)11-21(24,10-15)13-20/h6-7,15-16,23-24H,3-5,8-13H2,1-2H3. The van der Waals surface area contributed by atoms with Crippen molar-refractivity contribution in [2.45, 2.75) is 70.1 Å². The molecule has 0 heterocycles. The van der Waals surface area contributed by atoms with Gasteiger partial charge in [-0.1, -0.05) is 11.6 Å². The van der Waals surface area contributed by atoms with E-state index < -0.39 is 5.60 Å². The van der Waals surface area contributed by atoms with Crippen LogP contribution in [-0.4, -0.2) is 29.5 Å². The molecule has 1 aromatic carbocycles. The minimum Gasteiger partial charge on any atom is -0.490 e. The van der Waals surface area contributed by atoms with Gasteiger partial charge in [-0.2, -0.15) is 0 Å². The quantitative estimate of drug-likeness (QED) is 0.741. The number of aliphatic hydroxyl groups is 1. The van der Waals surface area contributed by atoms with Crippen LogP contribution in [0.3, 0.4) is 0 Å². The van der Waals surface area contributed by atoms with E-state index in [0.717, 1.165) is 31.4 Å². The first-order valence-electron chi connectivity index (χ1n) is 10.00. The summed E-state index contributed by atoms with van der Waals surface area (Å²) in [4.78, 5) is 0. The zero-order valence-electron chi connectivity index (χ0n) is 15.8. The maximum atomic E-state index is 10.9. The molecule has 5 heteroatoms. The summed E-state index contributed by atoms with van der Waals surface area (Å²) in [5.74, 6) is 2.69. The molecule has 4 nitrogen and oxygen atoms in total. The predicted molar refractivity (Wildman–Crippen MR) is 103 cm³/mol. The predicted octanol–water partition coefficient (Wildman–Crippen LogP) is 4.31. The first-order chi connectivity index (χ1) is 12.4. The van der Waals surface area contributed by atoms with Crippen molar-refractivity contribution in [1.82, 2.24) is 5.32 Å². The molecule has 0 aliphatic heterocycles. The normalized spacial score (nSPS) is 34.9. The Hall–Kier alpha value is -0.970. The Balaban J connectivity index is 1.51. The van der Waals surface area contributed by atoms with E-state index in [1.54, 1.807) is 0 Å². The van der Waals surface area contributed by atoms with Crippen LogP contribution >= 0.6 is 11.6 Å². The molecule has 4 saturated carbocycles. The van der Waals surface area contributed by atoms with Crippen molar-refractivity contribution in [3.8, 4) is 11.5 Å². The zero-order chi connectivity index (χ0) is 18.4. The number of ether oxygens (including phenoxy) is 2. The van der Waals surface area contributed by atoms with E-state index >= 15 is 0 Å². The Bertz CT molecular complexity index is 663. The molecule has 2 N–H and O–H groups in total. The van der Waals surface area contributed by atoms with E-state index in [2.05, 4.69) is 5.32 Å². The maximum Gasteiger partial charge on any atom is 0.179 e. The average Bonchev–Trinajstić information content (AvgIpc) is 2.54. The van der Waals surface area contributed by atoms with Crippen LogP contribution in [-0.2, 0) is 6.54 Å². The van der Waals surface area contributed by atoms with E-state index in [1.807, 2.05) is 26.0 Å². The Kier molecular flexibility index (Phi) is 4.87. The third-order valence-electron chi connectivity index (χ3n) is 6.36. The topological polar surface area (TPSA) is 50.7 Å². The Morgan fingerprint density at radius 1 is 1.12 bits per heavy atom. The molecule has 0 radical (unpaired) electrons. The molecule has 1 aromatic rings. The van der Waals surface area contributed by atoms with Crippen LogP contribution in [0.4, 0.5) is 0 Å². The molecule has 0 saturated heterocycles. The summed E-state index contributed by atoms with van der Waals surface area (Å²) in [6.45, 7) is 5.78. The molecule has 0 aromatic heterocycles. The number of hydrogen-bond donors (Lipinski definition) is 2. The van der Waals surface area contributed by atoms with Gasteiger partial charge in [0, 0.05) is 12.1 Å². The lowest BCUT2D eigenvalue weighted by atomic mass is 9.51. The third-order valence-corrected chi connectivity index (χ3v) is 6.64. The highest BCUT2D eigenvalue weighted by molar-refractivity contribution is 6.32. The van der Waals surface area contributed by atoms with Crippen LogP contribution in [0.1, 0.15) is 57.9 Å². The fraction of sp³-hybridized carbons (Fsp3) is 0.714. The molecule has 0 spiro atoms. The van der Waals surface area contributed by atoms with Crippen LogP contribution < -0.4 is 14.8 Å². The summed E-state index contributed by atoms with van der Waals surface area (Å²) in [7, 11) is 0. The lowest BCUT2D eigenvalue weighted by molar-refractivity contribution is -0.142. The van der Waals surface area contributed by atoms with Gasteiger partial charge in [-0.3, -0.25) is 0 Å². The molecule has 0 amide bonds. The highest BCUT2D eigenvalue weighted by Crippen LogP contribution is 2.57. The van der Waals surface area contributed by atoms with Crippen molar-refractivity contribution in [3.05, 3.63) is 22.7 Å². The molecule has 4 fully saturated rings. The molecule has 144 valence electrons. The van der Waals surface area contributed by atoms with E-state index in [0.29, 0.717) is 41.6 Å². The highest BCUT2D eigenvalue weighted by atomic mass is 35.5. The smallest absolute Gasteiger partial charge is 0.179 e. The second-order valence-corrected chi connectivity index (χ2v) is 9.00. The summed E-state index contributed by atoms with van der Waals surface area (Å²) in [6.07, 6.45) is 6.56. The van der Waals surface area contributed by atoms with E-state index in [4.69, 9.17) is 21.1 Å². The van der Waals surface area contributed by atoms with Crippen molar-refractivity contribution in [2.75, 3.05) is 13.2 Å². The highest BCUT2D eigenvalue weighted by Gasteiger charge is 2.56. The van der Waals surface area contributed by atoms with E-state index in [-0.39, 0.29) is 5.54 Å². The fourth-order valence-corrected chi connectivity index (χ4v) is 6.27. The van der Waals surface area contributed by atoms with Gasteiger partial charge < -0.3 is 19.9 Å². The second-order valence-electron chi connectivity index (χ2n) is 8.59. The summed E-state index contributed by atoms with van der Waals surface area (Å²) in [5, 5.41) is 15.3. The SMILES string of the molecule is CCOc1cc(CNC23CC4CC(CC(O)(C4)C2)C3)cc(Cl)c1OCC. The molecular weight excluding hydrogens is 350 g/mol.